The first-order valence-corrected chi connectivity index (χ1v) is 3.97. The minimum absolute atomic E-state index is 1.12. The molecule has 0 bridgehead atoms. The van der Waals surface area contributed by atoms with Gasteiger partial charge < -0.3 is 0 Å². The standard InChI is InChI=1S/C11H16/c1-3-5-7-9-11-10-8-6-4-2/h3-7,9,11H,1,8,10H2,2H3/b6-4?,7-5+,11-9+. The topological polar surface area (TPSA) is 0 Å². The van der Waals surface area contributed by atoms with Crippen molar-refractivity contribution in [3.63, 3.8) is 0 Å². The Kier molecular flexibility index (Phi) is 8.11. The average Bonchev–Trinajstić information content (AvgIpc) is 2.03. The summed E-state index contributed by atoms with van der Waals surface area (Å²) >= 11 is 0. The molecule has 0 aliphatic rings. The molecule has 0 saturated carbocycles. The molecule has 0 fully saturated rings. The van der Waals surface area contributed by atoms with E-state index in [9.17, 15) is 0 Å². The molecule has 0 spiro atoms. The summed E-state index contributed by atoms with van der Waals surface area (Å²) in [5, 5.41) is 0. The largest absolute Gasteiger partial charge is 0.0991 e. The van der Waals surface area contributed by atoms with Crippen LogP contribution in [0, 0.1) is 0 Å². The molecule has 60 valence electrons. The van der Waals surface area contributed by atoms with Crippen molar-refractivity contribution in [3.8, 4) is 0 Å². The highest BCUT2D eigenvalue weighted by Crippen LogP contribution is 1.92. The van der Waals surface area contributed by atoms with Crippen LogP contribution in [0.5, 0.6) is 0 Å². The van der Waals surface area contributed by atoms with Gasteiger partial charge >= 0.3 is 0 Å². The Hall–Kier alpha value is -1.04. The van der Waals surface area contributed by atoms with Crippen LogP contribution in [0.15, 0.2) is 49.1 Å². The van der Waals surface area contributed by atoms with Gasteiger partial charge in [-0.25, -0.2) is 0 Å². The van der Waals surface area contributed by atoms with E-state index in [-0.39, 0.29) is 0 Å². The number of rotatable bonds is 5. The van der Waals surface area contributed by atoms with E-state index in [0.29, 0.717) is 0 Å². The van der Waals surface area contributed by atoms with Crippen LogP contribution in [0.2, 0.25) is 0 Å². The molecular formula is C11H16. The highest BCUT2D eigenvalue weighted by Gasteiger charge is 1.72. The number of hydrogen-bond acceptors (Lipinski definition) is 0. The third-order valence-corrected chi connectivity index (χ3v) is 1.23. The first kappa shape index (κ1) is 9.96. The molecular weight excluding hydrogens is 132 g/mol. The SMILES string of the molecule is C=C/C=C/C=C/CCC=CC. The summed E-state index contributed by atoms with van der Waals surface area (Å²) in [6.07, 6.45) is 16.4. The van der Waals surface area contributed by atoms with Crippen molar-refractivity contribution in [3.05, 3.63) is 49.1 Å². The zero-order valence-corrected chi connectivity index (χ0v) is 7.16. The molecule has 0 amide bonds. The Morgan fingerprint density at radius 3 is 2.36 bits per heavy atom. The molecule has 0 N–H and O–H groups in total. The van der Waals surface area contributed by atoms with E-state index in [4.69, 9.17) is 0 Å². The van der Waals surface area contributed by atoms with E-state index in [1.165, 1.54) is 0 Å². The van der Waals surface area contributed by atoms with Crippen molar-refractivity contribution in [1.82, 2.24) is 0 Å². The van der Waals surface area contributed by atoms with Gasteiger partial charge in [-0.2, -0.15) is 0 Å². The van der Waals surface area contributed by atoms with Crippen LogP contribution in [-0.2, 0) is 0 Å². The molecule has 0 rings (SSSR count). The molecule has 0 aromatic rings. The molecule has 0 aromatic heterocycles. The Morgan fingerprint density at radius 1 is 1.00 bits per heavy atom. The van der Waals surface area contributed by atoms with Crippen molar-refractivity contribution in [1.29, 1.82) is 0 Å². The molecule has 0 nitrogen and oxygen atoms in total. The van der Waals surface area contributed by atoms with Gasteiger partial charge in [0.15, 0.2) is 0 Å². The molecule has 0 aliphatic carbocycles. The maximum absolute atomic E-state index is 3.58. The van der Waals surface area contributed by atoms with Gasteiger partial charge in [0.25, 0.3) is 0 Å². The molecule has 0 saturated heterocycles. The van der Waals surface area contributed by atoms with E-state index in [1.807, 2.05) is 25.2 Å². The summed E-state index contributed by atoms with van der Waals surface area (Å²) in [5.41, 5.74) is 0. The van der Waals surface area contributed by atoms with Crippen molar-refractivity contribution in [2.24, 2.45) is 0 Å². The molecule has 0 heterocycles. The lowest BCUT2D eigenvalue weighted by Crippen LogP contribution is -1.62. The Bertz CT molecular complexity index is 159. The van der Waals surface area contributed by atoms with Crippen LogP contribution in [0.25, 0.3) is 0 Å². The van der Waals surface area contributed by atoms with Gasteiger partial charge in [-0.3, -0.25) is 0 Å². The summed E-state index contributed by atoms with van der Waals surface area (Å²) < 4.78 is 0. The number of allylic oxidation sites excluding steroid dienone is 7. The zero-order chi connectivity index (χ0) is 8.36. The van der Waals surface area contributed by atoms with E-state index in [1.54, 1.807) is 6.08 Å². The van der Waals surface area contributed by atoms with E-state index < -0.39 is 0 Å². The van der Waals surface area contributed by atoms with Crippen LogP contribution < -0.4 is 0 Å². The van der Waals surface area contributed by atoms with Crippen LogP contribution in [0.1, 0.15) is 19.8 Å². The second-order valence-electron chi connectivity index (χ2n) is 2.20. The van der Waals surface area contributed by atoms with Crippen molar-refractivity contribution in [2.75, 3.05) is 0 Å². The predicted octanol–water partition coefficient (Wildman–Crippen LogP) is 3.64. The third-order valence-electron chi connectivity index (χ3n) is 1.23. The van der Waals surface area contributed by atoms with Crippen molar-refractivity contribution < 1.29 is 0 Å². The highest BCUT2D eigenvalue weighted by atomic mass is 13.8. The second kappa shape index (κ2) is 8.96. The van der Waals surface area contributed by atoms with Gasteiger partial charge in [-0.1, -0.05) is 49.1 Å². The van der Waals surface area contributed by atoms with Gasteiger partial charge in [-0.05, 0) is 19.8 Å². The smallest absolute Gasteiger partial charge is 0.0313 e. The number of hydrogen-bond donors (Lipinski definition) is 0. The predicted molar refractivity (Wildman–Crippen MR) is 52.5 cm³/mol. The fraction of sp³-hybridized carbons (Fsp3) is 0.273. The molecule has 0 atom stereocenters. The van der Waals surface area contributed by atoms with Crippen LogP contribution in [0.3, 0.4) is 0 Å². The summed E-state index contributed by atoms with van der Waals surface area (Å²) in [4.78, 5) is 0. The third kappa shape index (κ3) is 8.96. The Balaban J connectivity index is 3.29. The minimum Gasteiger partial charge on any atom is -0.0991 e. The highest BCUT2D eigenvalue weighted by molar-refractivity contribution is 5.08. The summed E-state index contributed by atoms with van der Waals surface area (Å²) in [6, 6.07) is 0. The normalized spacial score (nSPS) is 12.1. The maximum Gasteiger partial charge on any atom is -0.0313 e. The molecule has 0 radical (unpaired) electrons. The second-order valence-corrected chi connectivity index (χ2v) is 2.20. The molecule has 11 heavy (non-hydrogen) atoms. The molecule has 0 heteroatoms. The Morgan fingerprint density at radius 2 is 1.73 bits per heavy atom. The minimum atomic E-state index is 1.12. The molecule has 0 unspecified atom stereocenters. The van der Waals surface area contributed by atoms with Crippen molar-refractivity contribution in [2.45, 2.75) is 19.8 Å². The van der Waals surface area contributed by atoms with Gasteiger partial charge in [0.2, 0.25) is 0 Å². The van der Waals surface area contributed by atoms with E-state index >= 15 is 0 Å². The first-order valence-electron chi connectivity index (χ1n) is 3.97. The number of unbranched alkanes of at least 4 members (excludes halogenated alkanes) is 1. The van der Waals surface area contributed by atoms with Gasteiger partial charge in [0, 0.05) is 0 Å². The van der Waals surface area contributed by atoms with E-state index in [0.717, 1.165) is 12.8 Å². The monoisotopic (exact) mass is 148 g/mol. The van der Waals surface area contributed by atoms with Gasteiger partial charge in [0.1, 0.15) is 0 Å². The van der Waals surface area contributed by atoms with Gasteiger partial charge in [0.05, 0.1) is 0 Å². The van der Waals surface area contributed by atoms with Crippen LogP contribution in [0.4, 0.5) is 0 Å². The fourth-order valence-corrected chi connectivity index (χ4v) is 0.677. The van der Waals surface area contributed by atoms with Crippen LogP contribution >= 0.6 is 0 Å². The van der Waals surface area contributed by atoms with Gasteiger partial charge in [-0.15, -0.1) is 0 Å². The first-order chi connectivity index (χ1) is 5.41. The van der Waals surface area contributed by atoms with Crippen LogP contribution in [-0.4, -0.2) is 0 Å². The average molecular weight is 148 g/mol. The quantitative estimate of drug-likeness (QED) is 0.317. The Labute approximate surface area is 69.6 Å². The summed E-state index contributed by atoms with van der Waals surface area (Å²) in [7, 11) is 0. The lowest BCUT2D eigenvalue weighted by Gasteiger charge is -1.82. The summed E-state index contributed by atoms with van der Waals surface area (Å²) in [6.45, 7) is 5.62. The van der Waals surface area contributed by atoms with Crippen molar-refractivity contribution >= 4 is 0 Å². The molecule has 0 aromatic carbocycles. The molecule has 0 aliphatic heterocycles. The zero-order valence-electron chi connectivity index (χ0n) is 7.16. The maximum atomic E-state index is 3.58. The fourth-order valence-electron chi connectivity index (χ4n) is 0.677. The summed E-state index contributed by atoms with van der Waals surface area (Å²) in [5.74, 6) is 0. The van der Waals surface area contributed by atoms with E-state index in [2.05, 4.69) is 24.8 Å². The lowest BCUT2D eigenvalue weighted by atomic mass is 10.2. The lowest BCUT2D eigenvalue weighted by molar-refractivity contribution is 1.05.